The lowest BCUT2D eigenvalue weighted by atomic mass is 9.97. The molecule has 0 fully saturated rings. The lowest BCUT2D eigenvalue weighted by Crippen LogP contribution is -2.08. The molecular formula is C18H21NOS. The van der Waals surface area contributed by atoms with Crippen molar-refractivity contribution in [1.82, 2.24) is 0 Å². The van der Waals surface area contributed by atoms with E-state index in [4.69, 9.17) is 0 Å². The third kappa shape index (κ3) is 2.51. The number of para-hydroxylation sites is 1. The second-order valence-electron chi connectivity index (χ2n) is 5.76. The third-order valence-corrected chi connectivity index (χ3v) is 5.15. The van der Waals surface area contributed by atoms with Crippen LogP contribution in [-0.2, 0) is 0 Å². The fraction of sp³-hybridized carbons (Fsp3) is 0.333. The molecule has 1 aliphatic carbocycles. The first-order valence-electron chi connectivity index (χ1n) is 7.33. The zero-order chi connectivity index (χ0) is 15.0. The molecule has 0 heterocycles. The molecule has 0 saturated heterocycles. The minimum absolute atomic E-state index is 0.184. The van der Waals surface area contributed by atoms with Gasteiger partial charge < -0.3 is 10.4 Å². The topological polar surface area (TPSA) is 32.3 Å². The van der Waals surface area contributed by atoms with Crippen molar-refractivity contribution in [3.8, 4) is 5.75 Å². The number of hydrogen-bond donors (Lipinski definition) is 2. The maximum atomic E-state index is 10.3. The van der Waals surface area contributed by atoms with Crippen LogP contribution in [0.25, 0.3) is 0 Å². The largest absolute Gasteiger partial charge is 0.508 e. The van der Waals surface area contributed by atoms with Gasteiger partial charge in [-0.25, -0.2) is 0 Å². The number of benzene rings is 2. The summed E-state index contributed by atoms with van der Waals surface area (Å²) in [4.78, 5) is 1.24. The van der Waals surface area contributed by atoms with Gasteiger partial charge in [0.15, 0.2) is 0 Å². The van der Waals surface area contributed by atoms with Crippen LogP contribution >= 0.6 is 11.8 Å². The molecule has 21 heavy (non-hydrogen) atoms. The van der Waals surface area contributed by atoms with E-state index in [0.717, 1.165) is 17.7 Å². The van der Waals surface area contributed by atoms with Gasteiger partial charge in [-0.05, 0) is 54.8 Å². The Morgan fingerprint density at radius 3 is 2.67 bits per heavy atom. The molecule has 0 aromatic heterocycles. The van der Waals surface area contributed by atoms with Crippen LogP contribution in [0.4, 0.5) is 5.69 Å². The number of aryl methyl sites for hydroxylation is 1. The number of phenolic OH excluding ortho intramolecular Hbond substituents is 1. The van der Waals surface area contributed by atoms with E-state index >= 15 is 0 Å². The smallest absolute Gasteiger partial charge is 0.121 e. The van der Waals surface area contributed by atoms with Crippen LogP contribution < -0.4 is 5.32 Å². The van der Waals surface area contributed by atoms with Crippen molar-refractivity contribution in [3.63, 3.8) is 0 Å². The minimum atomic E-state index is 0.184. The molecule has 2 unspecified atom stereocenters. The van der Waals surface area contributed by atoms with Gasteiger partial charge in [0, 0.05) is 16.1 Å². The van der Waals surface area contributed by atoms with E-state index in [1.165, 1.54) is 16.0 Å². The molecular weight excluding hydrogens is 278 g/mol. The van der Waals surface area contributed by atoms with E-state index in [1.54, 1.807) is 11.8 Å². The summed E-state index contributed by atoms with van der Waals surface area (Å²) in [6.07, 6.45) is 3.11. The number of hydrogen-bond acceptors (Lipinski definition) is 3. The summed E-state index contributed by atoms with van der Waals surface area (Å²) >= 11 is 1.74. The maximum absolute atomic E-state index is 10.3. The molecule has 3 rings (SSSR count). The van der Waals surface area contributed by atoms with E-state index in [2.05, 4.69) is 49.7 Å². The summed E-state index contributed by atoms with van der Waals surface area (Å²) in [5.74, 6) is 0.894. The lowest BCUT2D eigenvalue weighted by molar-refractivity contribution is 0.465. The molecule has 0 bridgehead atoms. The summed E-state index contributed by atoms with van der Waals surface area (Å²) in [6.45, 7) is 4.38. The third-order valence-electron chi connectivity index (χ3n) is 4.35. The summed E-state index contributed by atoms with van der Waals surface area (Å²) in [7, 11) is 0. The van der Waals surface area contributed by atoms with Crippen LogP contribution in [0, 0.1) is 6.92 Å². The summed E-state index contributed by atoms with van der Waals surface area (Å²) in [5.41, 5.74) is 4.82. The van der Waals surface area contributed by atoms with Gasteiger partial charge in [-0.3, -0.25) is 0 Å². The number of thioether (sulfide) groups is 1. The van der Waals surface area contributed by atoms with Crippen LogP contribution in [-0.4, -0.2) is 11.4 Å². The zero-order valence-corrected chi connectivity index (χ0v) is 13.5. The van der Waals surface area contributed by atoms with Crippen molar-refractivity contribution in [3.05, 3.63) is 53.1 Å². The Labute approximate surface area is 130 Å². The fourth-order valence-electron chi connectivity index (χ4n) is 3.43. The Kier molecular flexibility index (Phi) is 3.85. The number of aromatic hydroxyl groups is 1. The number of anilines is 1. The first-order chi connectivity index (χ1) is 10.1. The molecule has 0 saturated carbocycles. The average molecular weight is 299 g/mol. The average Bonchev–Trinajstić information content (AvgIpc) is 2.81. The predicted octanol–water partition coefficient (Wildman–Crippen LogP) is 5.08. The highest BCUT2D eigenvalue weighted by atomic mass is 32.2. The van der Waals surface area contributed by atoms with Gasteiger partial charge in [-0.1, -0.05) is 25.1 Å². The molecule has 1 aliphatic rings. The highest BCUT2D eigenvalue weighted by Crippen LogP contribution is 2.47. The molecule has 110 valence electrons. The molecule has 2 atom stereocenters. The van der Waals surface area contributed by atoms with Crippen molar-refractivity contribution in [2.45, 2.75) is 37.1 Å². The van der Waals surface area contributed by atoms with Crippen molar-refractivity contribution in [2.75, 3.05) is 11.6 Å². The lowest BCUT2D eigenvalue weighted by Gasteiger charge is -2.19. The highest BCUT2D eigenvalue weighted by molar-refractivity contribution is 7.98. The normalized spacial score (nSPS) is 20.3. The Hall–Kier alpha value is -1.61. The first-order valence-corrected chi connectivity index (χ1v) is 8.56. The van der Waals surface area contributed by atoms with Gasteiger partial charge in [-0.15, -0.1) is 11.8 Å². The second-order valence-corrected chi connectivity index (χ2v) is 6.61. The van der Waals surface area contributed by atoms with Crippen LogP contribution in [0.2, 0.25) is 0 Å². The van der Waals surface area contributed by atoms with Crippen LogP contribution in [0.5, 0.6) is 5.75 Å². The van der Waals surface area contributed by atoms with Crippen molar-refractivity contribution >= 4 is 17.4 Å². The molecule has 0 amide bonds. The van der Waals surface area contributed by atoms with Gasteiger partial charge in [0.05, 0.1) is 6.04 Å². The first kappa shape index (κ1) is 14.3. The predicted molar refractivity (Wildman–Crippen MR) is 90.5 cm³/mol. The van der Waals surface area contributed by atoms with Gasteiger partial charge in [-0.2, -0.15) is 0 Å². The second kappa shape index (κ2) is 5.64. The van der Waals surface area contributed by atoms with E-state index in [-0.39, 0.29) is 6.04 Å². The van der Waals surface area contributed by atoms with Crippen molar-refractivity contribution in [1.29, 1.82) is 0 Å². The molecule has 0 radical (unpaired) electrons. The van der Waals surface area contributed by atoms with Crippen molar-refractivity contribution < 1.29 is 5.11 Å². The maximum Gasteiger partial charge on any atom is 0.121 e. The molecule has 2 N–H and O–H groups in total. The van der Waals surface area contributed by atoms with Crippen LogP contribution in [0.15, 0.2) is 41.3 Å². The standard InChI is InChI=1S/C18H21NOS/c1-11-8-9-15(20)18-14(10-12(2)17(11)18)19-13-6-4-5-7-16(13)21-3/h4-9,12,14,19-20H,10H2,1-3H3. The molecule has 2 aromatic rings. The molecule has 0 aliphatic heterocycles. The van der Waals surface area contributed by atoms with Crippen LogP contribution in [0.3, 0.4) is 0 Å². The van der Waals surface area contributed by atoms with Gasteiger partial charge >= 0.3 is 0 Å². The molecule has 2 aromatic carbocycles. The summed E-state index contributed by atoms with van der Waals surface area (Å²) < 4.78 is 0. The minimum Gasteiger partial charge on any atom is -0.508 e. The zero-order valence-electron chi connectivity index (χ0n) is 12.7. The van der Waals surface area contributed by atoms with Gasteiger partial charge in [0.25, 0.3) is 0 Å². The molecule has 2 nitrogen and oxygen atoms in total. The Bertz CT molecular complexity index is 668. The highest BCUT2D eigenvalue weighted by Gasteiger charge is 2.32. The van der Waals surface area contributed by atoms with E-state index in [9.17, 15) is 5.11 Å². The van der Waals surface area contributed by atoms with E-state index < -0.39 is 0 Å². The fourth-order valence-corrected chi connectivity index (χ4v) is 3.99. The molecule has 0 spiro atoms. The monoisotopic (exact) mass is 299 g/mol. The Morgan fingerprint density at radius 2 is 1.90 bits per heavy atom. The number of rotatable bonds is 3. The van der Waals surface area contributed by atoms with E-state index in [1.807, 2.05) is 12.1 Å². The number of phenols is 1. The summed E-state index contributed by atoms with van der Waals surface area (Å²) in [6, 6.07) is 12.4. The Balaban J connectivity index is 1.99. The quantitative estimate of drug-likeness (QED) is 0.775. The van der Waals surface area contributed by atoms with Gasteiger partial charge in [0.2, 0.25) is 0 Å². The van der Waals surface area contributed by atoms with Crippen LogP contribution in [0.1, 0.15) is 42.0 Å². The molecule has 3 heteroatoms. The summed E-state index contributed by atoms with van der Waals surface area (Å²) in [5, 5.41) is 13.9. The van der Waals surface area contributed by atoms with E-state index in [0.29, 0.717) is 11.7 Å². The number of fused-ring (bicyclic) bond motifs is 1. The Morgan fingerprint density at radius 1 is 1.14 bits per heavy atom. The number of nitrogens with one attached hydrogen (secondary N) is 1. The van der Waals surface area contributed by atoms with Crippen molar-refractivity contribution in [2.24, 2.45) is 0 Å². The van der Waals surface area contributed by atoms with Gasteiger partial charge in [0.1, 0.15) is 5.75 Å². The SMILES string of the molecule is CSc1ccccc1NC1CC(C)c2c(C)ccc(O)c21.